The zero-order chi connectivity index (χ0) is 13.8. The highest BCUT2D eigenvalue weighted by Gasteiger charge is 2.24. The highest BCUT2D eigenvalue weighted by Crippen LogP contribution is 2.22. The van der Waals surface area contributed by atoms with Crippen molar-refractivity contribution in [1.82, 2.24) is 10.6 Å². The number of benzene rings is 1. The van der Waals surface area contributed by atoms with E-state index in [4.69, 9.17) is 4.99 Å². The average molecular weight is 271 g/mol. The number of nitrogens with one attached hydrogen (secondary N) is 2. The first kappa shape index (κ1) is 13.6. The monoisotopic (exact) mass is 271 g/mol. The summed E-state index contributed by atoms with van der Waals surface area (Å²) in [6.45, 7) is 4.04. The molecule has 1 unspecified atom stereocenters. The van der Waals surface area contributed by atoms with Crippen molar-refractivity contribution in [2.45, 2.75) is 51.1 Å². The normalized spacial score (nSPS) is 24.2. The Kier molecular flexibility index (Phi) is 4.36. The fourth-order valence-corrected chi connectivity index (χ4v) is 3.33. The van der Waals surface area contributed by atoms with Crippen LogP contribution in [0.25, 0.3) is 0 Å². The number of nitrogens with zero attached hydrogens (tertiary/aromatic N) is 1. The Morgan fingerprint density at radius 2 is 1.95 bits per heavy atom. The lowest BCUT2D eigenvalue weighted by Crippen LogP contribution is -2.47. The molecule has 3 heteroatoms. The molecule has 0 spiro atoms. The summed E-state index contributed by atoms with van der Waals surface area (Å²) in [7, 11) is 0. The Labute approximate surface area is 121 Å². The van der Waals surface area contributed by atoms with E-state index in [9.17, 15) is 0 Å². The van der Waals surface area contributed by atoms with E-state index < -0.39 is 0 Å². The van der Waals surface area contributed by atoms with Gasteiger partial charge in [-0.2, -0.15) is 0 Å². The molecule has 20 heavy (non-hydrogen) atoms. The molecule has 0 bridgehead atoms. The standard InChI is InChI=1S/C17H25N3/c1-13-7-5-6-10-15(13)16-17(19-12-11-18-16)20-14-8-3-2-4-9-14/h5-7,10,14,16,18H,2-4,8-9,11-12H2,1H3,(H,19,20). The molecule has 0 amide bonds. The van der Waals surface area contributed by atoms with Gasteiger partial charge in [0, 0.05) is 12.6 Å². The molecule has 1 aliphatic carbocycles. The van der Waals surface area contributed by atoms with Crippen molar-refractivity contribution in [2.75, 3.05) is 13.1 Å². The number of rotatable bonds is 2. The lowest BCUT2D eigenvalue weighted by Gasteiger charge is -2.31. The molecule has 2 aliphatic rings. The molecule has 3 rings (SSSR count). The van der Waals surface area contributed by atoms with Crippen LogP contribution in [0.3, 0.4) is 0 Å². The summed E-state index contributed by atoms with van der Waals surface area (Å²) >= 11 is 0. The van der Waals surface area contributed by atoms with Crippen molar-refractivity contribution in [3.8, 4) is 0 Å². The van der Waals surface area contributed by atoms with E-state index >= 15 is 0 Å². The maximum atomic E-state index is 4.77. The quantitative estimate of drug-likeness (QED) is 0.867. The van der Waals surface area contributed by atoms with Gasteiger partial charge in [0.2, 0.25) is 0 Å². The molecule has 108 valence electrons. The van der Waals surface area contributed by atoms with Crippen LogP contribution < -0.4 is 10.6 Å². The van der Waals surface area contributed by atoms with Crippen molar-refractivity contribution in [2.24, 2.45) is 4.99 Å². The lowest BCUT2D eigenvalue weighted by atomic mass is 9.94. The molecule has 3 nitrogen and oxygen atoms in total. The third-order valence-electron chi connectivity index (χ3n) is 4.47. The van der Waals surface area contributed by atoms with Crippen LogP contribution in [0.4, 0.5) is 0 Å². The number of amidine groups is 1. The molecule has 1 fully saturated rings. The molecule has 1 atom stereocenters. The summed E-state index contributed by atoms with van der Waals surface area (Å²) < 4.78 is 0. The van der Waals surface area contributed by atoms with Gasteiger partial charge in [-0.05, 0) is 30.9 Å². The van der Waals surface area contributed by atoms with Crippen LogP contribution in [0, 0.1) is 6.92 Å². The largest absolute Gasteiger partial charge is 0.370 e. The van der Waals surface area contributed by atoms with Crippen LogP contribution in [0.2, 0.25) is 0 Å². The number of hydrogen-bond donors (Lipinski definition) is 2. The summed E-state index contributed by atoms with van der Waals surface area (Å²) in [4.78, 5) is 4.77. The van der Waals surface area contributed by atoms with Gasteiger partial charge in [-0.25, -0.2) is 0 Å². The molecule has 1 aliphatic heterocycles. The van der Waals surface area contributed by atoms with Crippen molar-refractivity contribution in [1.29, 1.82) is 0 Å². The lowest BCUT2D eigenvalue weighted by molar-refractivity contribution is 0.406. The minimum Gasteiger partial charge on any atom is -0.370 e. The van der Waals surface area contributed by atoms with Crippen LogP contribution in [0.15, 0.2) is 29.3 Å². The maximum Gasteiger partial charge on any atom is 0.118 e. The Bertz CT molecular complexity index is 475. The fraction of sp³-hybridized carbons (Fsp3) is 0.588. The van der Waals surface area contributed by atoms with Crippen molar-refractivity contribution in [3.05, 3.63) is 35.4 Å². The van der Waals surface area contributed by atoms with Gasteiger partial charge in [0.15, 0.2) is 0 Å². The Balaban J connectivity index is 1.77. The first-order valence-electron chi connectivity index (χ1n) is 7.94. The summed E-state index contributed by atoms with van der Waals surface area (Å²) in [5, 5.41) is 7.34. The zero-order valence-electron chi connectivity index (χ0n) is 12.4. The van der Waals surface area contributed by atoms with Crippen LogP contribution in [-0.4, -0.2) is 25.0 Å². The van der Waals surface area contributed by atoms with Gasteiger partial charge in [0.1, 0.15) is 5.84 Å². The van der Waals surface area contributed by atoms with Crippen LogP contribution in [-0.2, 0) is 0 Å². The predicted octanol–water partition coefficient (Wildman–Crippen LogP) is 2.96. The maximum absolute atomic E-state index is 4.77. The number of hydrogen-bond acceptors (Lipinski definition) is 3. The molecule has 1 aromatic rings. The SMILES string of the molecule is Cc1ccccc1C1NCCN=C1NC1CCCCC1. The van der Waals surface area contributed by atoms with E-state index in [0.29, 0.717) is 6.04 Å². The Morgan fingerprint density at radius 3 is 2.75 bits per heavy atom. The first-order chi connectivity index (χ1) is 9.84. The molecule has 2 N–H and O–H groups in total. The highest BCUT2D eigenvalue weighted by molar-refractivity contribution is 5.89. The van der Waals surface area contributed by atoms with E-state index in [2.05, 4.69) is 41.8 Å². The Morgan fingerprint density at radius 1 is 1.15 bits per heavy atom. The molecular formula is C17H25N3. The molecule has 1 saturated carbocycles. The fourth-order valence-electron chi connectivity index (χ4n) is 3.33. The summed E-state index contributed by atoms with van der Waals surface area (Å²) in [5.41, 5.74) is 2.69. The van der Waals surface area contributed by atoms with Gasteiger partial charge in [-0.3, -0.25) is 4.99 Å². The van der Waals surface area contributed by atoms with Crippen molar-refractivity contribution in [3.63, 3.8) is 0 Å². The second-order valence-electron chi connectivity index (χ2n) is 5.99. The van der Waals surface area contributed by atoms with E-state index in [1.165, 1.54) is 43.2 Å². The smallest absolute Gasteiger partial charge is 0.118 e. The molecular weight excluding hydrogens is 246 g/mol. The number of aliphatic imine (C=N–C) groups is 1. The highest BCUT2D eigenvalue weighted by atomic mass is 15.1. The van der Waals surface area contributed by atoms with E-state index in [1.54, 1.807) is 0 Å². The van der Waals surface area contributed by atoms with E-state index in [1.807, 2.05) is 0 Å². The summed E-state index contributed by atoms with van der Waals surface area (Å²) in [6.07, 6.45) is 6.68. The molecule has 1 heterocycles. The average Bonchev–Trinajstić information content (AvgIpc) is 2.50. The van der Waals surface area contributed by atoms with E-state index in [-0.39, 0.29) is 6.04 Å². The minimum absolute atomic E-state index is 0.242. The summed E-state index contributed by atoms with van der Waals surface area (Å²) in [5.74, 6) is 1.15. The third-order valence-corrected chi connectivity index (χ3v) is 4.47. The predicted molar refractivity (Wildman–Crippen MR) is 84.2 cm³/mol. The van der Waals surface area contributed by atoms with Gasteiger partial charge in [-0.15, -0.1) is 0 Å². The third kappa shape index (κ3) is 3.04. The number of aryl methyl sites for hydroxylation is 1. The van der Waals surface area contributed by atoms with Crippen LogP contribution >= 0.6 is 0 Å². The Hall–Kier alpha value is -1.35. The van der Waals surface area contributed by atoms with Gasteiger partial charge >= 0.3 is 0 Å². The van der Waals surface area contributed by atoms with Crippen LogP contribution in [0.1, 0.15) is 49.3 Å². The second-order valence-corrected chi connectivity index (χ2v) is 5.99. The van der Waals surface area contributed by atoms with Gasteiger partial charge < -0.3 is 10.6 Å². The second kappa shape index (κ2) is 6.40. The molecule has 0 radical (unpaired) electrons. The zero-order valence-corrected chi connectivity index (χ0v) is 12.4. The van der Waals surface area contributed by atoms with Gasteiger partial charge in [0.05, 0.1) is 12.6 Å². The van der Waals surface area contributed by atoms with Gasteiger partial charge in [-0.1, -0.05) is 43.5 Å². The van der Waals surface area contributed by atoms with E-state index in [0.717, 1.165) is 18.9 Å². The van der Waals surface area contributed by atoms with Crippen LogP contribution in [0.5, 0.6) is 0 Å². The molecule has 0 aromatic heterocycles. The van der Waals surface area contributed by atoms with Gasteiger partial charge in [0.25, 0.3) is 0 Å². The van der Waals surface area contributed by atoms with Crippen molar-refractivity contribution < 1.29 is 0 Å². The minimum atomic E-state index is 0.242. The molecule has 0 saturated heterocycles. The molecule has 1 aromatic carbocycles. The summed E-state index contributed by atoms with van der Waals surface area (Å²) in [6, 6.07) is 9.49. The first-order valence-corrected chi connectivity index (χ1v) is 7.94. The van der Waals surface area contributed by atoms with Crippen molar-refractivity contribution >= 4 is 5.84 Å². The topological polar surface area (TPSA) is 36.4 Å².